The van der Waals surface area contributed by atoms with E-state index in [9.17, 15) is 18.0 Å². The number of methoxy groups -OCH3 is 2. The van der Waals surface area contributed by atoms with Gasteiger partial charge in [0.25, 0.3) is 0 Å². The van der Waals surface area contributed by atoms with E-state index in [0.29, 0.717) is 22.6 Å². The number of esters is 1. The fraction of sp³-hybridized carbons (Fsp3) is 0.241. The van der Waals surface area contributed by atoms with Crippen LogP contribution >= 0.6 is 22.6 Å². The maximum atomic E-state index is 13.0. The fourth-order valence-electron chi connectivity index (χ4n) is 4.27. The summed E-state index contributed by atoms with van der Waals surface area (Å²) >= 11 is 0.494. The molecule has 40 heavy (non-hydrogen) atoms. The number of hydrogen-bond donors (Lipinski definition) is 1. The number of rotatable bonds is 9. The van der Waals surface area contributed by atoms with Crippen LogP contribution in [0.15, 0.2) is 70.0 Å². The number of furan rings is 1. The summed E-state index contributed by atoms with van der Waals surface area (Å²) in [6, 6.07) is 17.5. The average Bonchev–Trinajstić information content (AvgIpc) is 3.28. The van der Waals surface area contributed by atoms with E-state index in [2.05, 4.69) is 27.9 Å². The summed E-state index contributed by atoms with van der Waals surface area (Å²) in [5, 5.41) is 3.64. The zero-order chi connectivity index (χ0) is 29.2. The Balaban J connectivity index is 1.49. The van der Waals surface area contributed by atoms with Gasteiger partial charge in [-0.25, -0.2) is 0 Å². The minimum atomic E-state index is -3.57. The molecule has 0 saturated heterocycles. The number of carbonyl (C=O) groups excluding carboxylic acids is 2. The van der Waals surface area contributed by atoms with Crippen LogP contribution in [0.5, 0.6) is 5.75 Å². The van der Waals surface area contributed by atoms with Gasteiger partial charge in [0.1, 0.15) is 11.3 Å². The summed E-state index contributed by atoms with van der Waals surface area (Å²) in [5.74, 6) is -0.0861. The SMILES string of the molecule is COC(=O)[C@@H]([AsH]S(=O)(=O)c1ccc(-c2ccc(NC(=O)c3oc4ccc(I)c(OC)c4c3C)cc2)cc1)C(C)C. The molecular formula is C29H29AsINO7S. The molecule has 0 radical (unpaired) electrons. The Morgan fingerprint density at radius 1 is 0.950 bits per heavy atom. The van der Waals surface area contributed by atoms with E-state index >= 15 is 0 Å². The third kappa shape index (κ3) is 6.24. The molecule has 0 bridgehead atoms. The van der Waals surface area contributed by atoms with E-state index in [1.165, 1.54) is 7.11 Å². The zero-order valence-electron chi connectivity index (χ0n) is 22.6. The van der Waals surface area contributed by atoms with Crippen molar-refractivity contribution in [1.29, 1.82) is 0 Å². The van der Waals surface area contributed by atoms with Crippen LogP contribution < -0.4 is 10.1 Å². The van der Waals surface area contributed by atoms with Crippen LogP contribution in [-0.4, -0.2) is 49.1 Å². The van der Waals surface area contributed by atoms with Crippen LogP contribution in [-0.2, 0) is 17.6 Å². The van der Waals surface area contributed by atoms with E-state index in [1.807, 2.05) is 45.0 Å². The van der Waals surface area contributed by atoms with E-state index in [0.717, 1.165) is 20.1 Å². The third-order valence-corrected chi connectivity index (χ3v) is 15.7. The maximum absolute atomic E-state index is 13.0. The van der Waals surface area contributed by atoms with Crippen molar-refractivity contribution in [2.45, 2.75) is 30.4 Å². The van der Waals surface area contributed by atoms with Gasteiger partial charge in [-0.1, -0.05) is 0 Å². The van der Waals surface area contributed by atoms with E-state index in [-0.39, 0.29) is 22.5 Å². The summed E-state index contributed by atoms with van der Waals surface area (Å²) in [6.45, 7) is 5.48. The van der Waals surface area contributed by atoms with Gasteiger partial charge in [0, 0.05) is 5.56 Å². The number of fused-ring (bicyclic) bond motifs is 1. The monoisotopic (exact) mass is 737 g/mol. The van der Waals surface area contributed by atoms with Crippen LogP contribution in [0.4, 0.5) is 5.69 Å². The van der Waals surface area contributed by atoms with Crippen LogP contribution in [0.3, 0.4) is 0 Å². The zero-order valence-corrected chi connectivity index (χ0v) is 27.6. The molecule has 0 spiro atoms. The summed E-state index contributed by atoms with van der Waals surface area (Å²) < 4.78 is 42.5. The summed E-state index contributed by atoms with van der Waals surface area (Å²) in [7, 11) is -0.699. The number of benzene rings is 3. The molecule has 3 aromatic carbocycles. The molecule has 1 unspecified atom stereocenters. The van der Waals surface area contributed by atoms with Crippen molar-refractivity contribution in [1.82, 2.24) is 0 Å². The quantitative estimate of drug-likeness (QED) is 0.127. The van der Waals surface area contributed by atoms with Gasteiger partial charge in [-0.2, -0.15) is 0 Å². The van der Waals surface area contributed by atoms with Gasteiger partial charge in [-0.3, -0.25) is 0 Å². The van der Waals surface area contributed by atoms with Gasteiger partial charge in [-0.05, 0) is 41.6 Å². The molecule has 4 aromatic rings. The molecule has 1 heterocycles. The van der Waals surface area contributed by atoms with Crippen LogP contribution in [0.1, 0.15) is 30.0 Å². The Morgan fingerprint density at radius 2 is 1.55 bits per heavy atom. The van der Waals surface area contributed by atoms with Crippen molar-refractivity contribution in [3.8, 4) is 16.9 Å². The Labute approximate surface area is 252 Å². The fourth-order valence-corrected chi connectivity index (χ4v) is 12.7. The molecule has 1 amide bonds. The first-order chi connectivity index (χ1) is 19.0. The molecule has 0 fully saturated rings. The van der Waals surface area contributed by atoms with Crippen molar-refractivity contribution < 1.29 is 31.9 Å². The number of aryl methyl sites for hydroxylation is 1. The predicted molar refractivity (Wildman–Crippen MR) is 165 cm³/mol. The molecule has 210 valence electrons. The summed E-state index contributed by atoms with van der Waals surface area (Å²) in [4.78, 5) is 25.3. The summed E-state index contributed by atoms with van der Waals surface area (Å²) in [5.41, 5.74) is 3.53. The minimum absolute atomic E-state index is 0.122. The molecule has 4 rings (SSSR count). The number of halogens is 1. The second-order valence-corrected chi connectivity index (χ2v) is 18.5. The van der Waals surface area contributed by atoms with Gasteiger partial charge in [-0.15, -0.1) is 0 Å². The van der Waals surface area contributed by atoms with Crippen molar-refractivity contribution in [2.75, 3.05) is 19.5 Å². The molecule has 11 heteroatoms. The first-order valence-electron chi connectivity index (χ1n) is 12.3. The number of anilines is 1. The van der Waals surface area contributed by atoms with E-state index in [1.54, 1.807) is 43.5 Å². The number of hydrogen-bond acceptors (Lipinski definition) is 7. The Hall–Kier alpha value is -2.82. The van der Waals surface area contributed by atoms with Crippen LogP contribution in [0.25, 0.3) is 22.1 Å². The van der Waals surface area contributed by atoms with Gasteiger partial charge < -0.3 is 9.15 Å². The normalized spacial score (nSPS) is 12.7. The molecule has 0 saturated carbocycles. The average molecular weight is 737 g/mol. The number of ether oxygens (including phenoxy) is 2. The first-order valence-corrected chi connectivity index (χ1v) is 18.7. The van der Waals surface area contributed by atoms with Gasteiger partial charge in [0.05, 0.1) is 16.1 Å². The second kappa shape index (κ2) is 12.4. The van der Waals surface area contributed by atoms with Crippen LogP contribution in [0, 0.1) is 16.4 Å². The molecular weight excluding hydrogens is 708 g/mol. The predicted octanol–water partition coefficient (Wildman–Crippen LogP) is 6.02. The Morgan fingerprint density at radius 3 is 2.10 bits per heavy atom. The van der Waals surface area contributed by atoms with E-state index < -0.39 is 33.4 Å². The van der Waals surface area contributed by atoms with Crippen LogP contribution in [0.2, 0.25) is 4.71 Å². The van der Waals surface area contributed by atoms with Crippen molar-refractivity contribution in [2.24, 2.45) is 5.92 Å². The third-order valence-electron chi connectivity index (χ3n) is 6.45. The van der Waals surface area contributed by atoms with Gasteiger partial charge in [0.15, 0.2) is 0 Å². The number of carbonyl (C=O) groups is 2. The number of nitrogens with one attached hydrogen (secondary N) is 1. The standard InChI is InChI=1S/C29H29AsINO7S/c1-16(2)25(29(34)38-5)30-40(35,36)21-12-8-19(9-13-21)18-6-10-20(11-7-18)32-28(33)26-17(3)24-23(39-26)15-14-22(31)27(24)37-4/h6-16,25,30H,1-5H3,(H,32,33)/t25-/m0/s1. The van der Waals surface area contributed by atoms with Gasteiger partial charge >= 0.3 is 170 Å². The second-order valence-electron chi connectivity index (χ2n) is 9.43. The Bertz CT molecular complexity index is 1660. The molecule has 1 N–H and O–H groups in total. The van der Waals surface area contributed by atoms with Crippen molar-refractivity contribution in [3.63, 3.8) is 0 Å². The number of amides is 1. The molecule has 2 atom stereocenters. The molecule has 0 aliphatic heterocycles. The molecule has 0 aliphatic rings. The van der Waals surface area contributed by atoms with Gasteiger partial charge in [0.2, 0.25) is 0 Å². The molecule has 8 nitrogen and oxygen atoms in total. The van der Waals surface area contributed by atoms with Crippen molar-refractivity contribution in [3.05, 3.63) is 75.6 Å². The van der Waals surface area contributed by atoms with Crippen molar-refractivity contribution >= 4 is 73.8 Å². The summed E-state index contributed by atoms with van der Waals surface area (Å²) in [6.07, 6.45) is 0. The molecule has 0 aliphatic carbocycles. The Kier molecular flexibility index (Phi) is 9.32. The molecule has 1 aromatic heterocycles. The first kappa shape index (κ1) is 30.1. The van der Waals surface area contributed by atoms with E-state index in [4.69, 9.17) is 13.9 Å². The topological polar surface area (TPSA) is 112 Å².